The van der Waals surface area contributed by atoms with Crippen molar-refractivity contribution in [2.75, 3.05) is 23.0 Å². The molecule has 1 atom stereocenters. The Kier molecular flexibility index (Phi) is 9.91. The van der Waals surface area contributed by atoms with Gasteiger partial charge in [0.2, 0.25) is 11.1 Å². The van der Waals surface area contributed by atoms with Crippen molar-refractivity contribution < 1.29 is 14.3 Å². The van der Waals surface area contributed by atoms with E-state index in [4.69, 9.17) is 37.8 Å². The van der Waals surface area contributed by atoms with Crippen molar-refractivity contribution in [3.8, 4) is 11.5 Å². The summed E-state index contributed by atoms with van der Waals surface area (Å²) in [5.74, 6) is 2.09. The summed E-state index contributed by atoms with van der Waals surface area (Å²) < 4.78 is 14.7. The van der Waals surface area contributed by atoms with Crippen LogP contribution in [-0.2, 0) is 11.4 Å². The smallest absolute Gasteiger partial charge is 0.255 e. The molecule has 1 aliphatic heterocycles. The van der Waals surface area contributed by atoms with Crippen molar-refractivity contribution in [2.45, 2.75) is 45.5 Å². The van der Waals surface area contributed by atoms with Crippen molar-refractivity contribution in [3.63, 3.8) is 0 Å². The molecule has 2 N–H and O–H groups in total. The second-order valence-electron chi connectivity index (χ2n) is 9.74. The fraction of sp³-hybridized carbons (Fsp3) is 0.258. The molecule has 0 fully saturated rings. The molecule has 4 aromatic rings. The fourth-order valence-electron chi connectivity index (χ4n) is 4.81. The van der Waals surface area contributed by atoms with Crippen LogP contribution in [-0.4, -0.2) is 33.0 Å². The number of benzene rings is 3. The van der Waals surface area contributed by atoms with Gasteiger partial charge in [-0.05, 0) is 90.0 Å². The summed E-state index contributed by atoms with van der Waals surface area (Å²) in [6.45, 7) is 8.32. The molecule has 0 aliphatic carbocycles. The highest BCUT2D eigenvalue weighted by molar-refractivity contribution is 9.10. The van der Waals surface area contributed by atoms with Crippen LogP contribution in [0.1, 0.15) is 43.5 Å². The average molecular weight is 703 g/mol. The Balaban J connectivity index is 1.58. The molecule has 1 aliphatic rings. The number of fused-ring (bicyclic) bond motifs is 1. The number of halogens is 3. The van der Waals surface area contributed by atoms with Crippen LogP contribution in [0.15, 0.2) is 75.5 Å². The van der Waals surface area contributed by atoms with Crippen molar-refractivity contribution in [2.24, 2.45) is 0 Å². The Morgan fingerprint density at radius 2 is 1.84 bits per heavy atom. The van der Waals surface area contributed by atoms with E-state index in [9.17, 15) is 4.79 Å². The van der Waals surface area contributed by atoms with Gasteiger partial charge in [0.1, 0.15) is 12.6 Å². The molecule has 0 radical (unpaired) electrons. The van der Waals surface area contributed by atoms with Crippen LogP contribution in [0.25, 0.3) is 0 Å². The molecule has 1 amide bonds. The van der Waals surface area contributed by atoms with Gasteiger partial charge < -0.3 is 20.1 Å². The molecule has 0 bridgehead atoms. The Hall–Kier alpha value is -3.18. The van der Waals surface area contributed by atoms with Gasteiger partial charge in [0, 0.05) is 27.0 Å². The highest BCUT2D eigenvalue weighted by atomic mass is 79.9. The lowest BCUT2D eigenvalue weighted by molar-refractivity contribution is -0.113. The lowest BCUT2D eigenvalue weighted by Crippen LogP contribution is -2.31. The first kappa shape index (κ1) is 31.3. The number of carbonyl (C=O) groups is 1. The molecule has 0 saturated heterocycles. The number of carbonyl (C=O) groups excluding carboxylic acids is 1. The number of hydrogen-bond acceptors (Lipinski definition) is 7. The van der Waals surface area contributed by atoms with Crippen LogP contribution in [0.5, 0.6) is 11.5 Å². The molecule has 0 spiro atoms. The molecule has 3 aromatic carbocycles. The van der Waals surface area contributed by atoms with E-state index in [1.54, 1.807) is 22.9 Å². The van der Waals surface area contributed by atoms with E-state index in [2.05, 4.69) is 31.5 Å². The minimum atomic E-state index is -0.609. The number of nitrogens with zero attached hydrogens (tertiary/aromatic N) is 3. The summed E-state index contributed by atoms with van der Waals surface area (Å²) in [6.07, 6.45) is 0. The molecule has 224 valence electrons. The zero-order valence-corrected chi connectivity index (χ0v) is 27.9. The normalized spacial score (nSPS) is 14.3. The first-order chi connectivity index (χ1) is 20.7. The SMILES string of the molecule is CCOc1cc(C2C(C(=O)Nc3cccc(C)c3)=C(C)Nc3nc(SCC)nn32)cc(Br)c1OCc1c(Cl)cccc1Cl. The number of allylic oxidation sites excluding steroid dienone is 1. The topological polar surface area (TPSA) is 90.3 Å². The zero-order chi connectivity index (χ0) is 30.7. The number of anilines is 2. The monoisotopic (exact) mass is 701 g/mol. The number of aryl methyl sites for hydroxylation is 1. The summed E-state index contributed by atoms with van der Waals surface area (Å²) in [7, 11) is 0. The number of nitrogens with one attached hydrogen (secondary N) is 2. The van der Waals surface area contributed by atoms with Gasteiger partial charge in [-0.15, -0.1) is 5.10 Å². The highest BCUT2D eigenvalue weighted by Gasteiger charge is 2.35. The standard InChI is InChI=1S/C31H30BrCl2N5O3S/c1-5-41-25-15-19(14-22(32)28(25)42-16-21-23(33)11-8-12-24(21)34)27-26(29(40)36-20-10-7-9-17(3)13-20)18(4)35-30-37-31(43-6-2)38-39(27)30/h7-15,27H,5-6,16H2,1-4H3,(H,36,40)(H,35,37,38). The summed E-state index contributed by atoms with van der Waals surface area (Å²) in [6, 6.07) is 16.2. The molecular weight excluding hydrogens is 673 g/mol. The van der Waals surface area contributed by atoms with Crippen LogP contribution >= 0.6 is 50.9 Å². The van der Waals surface area contributed by atoms with E-state index < -0.39 is 6.04 Å². The maximum atomic E-state index is 13.9. The van der Waals surface area contributed by atoms with Gasteiger partial charge >= 0.3 is 0 Å². The van der Waals surface area contributed by atoms with Gasteiger partial charge in [-0.2, -0.15) is 4.98 Å². The first-order valence-electron chi connectivity index (χ1n) is 13.7. The van der Waals surface area contributed by atoms with E-state index in [1.807, 2.05) is 64.1 Å². The molecule has 5 rings (SSSR count). The van der Waals surface area contributed by atoms with Gasteiger partial charge in [0.05, 0.1) is 16.7 Å². The Labute approximate surface area is 273 Å². The highest BCUT2D eigenvalue weighted by Crippen LogP contribution is 2.44. The van der Waals surface area contributed by atoms with E-state index in [-0.39, 0.29) is 12.5 Å². The fourth-order valence-corrected chi connectivity index (χ4v) is 6.44. The van der Waals surface area contributed by atoms with Crippen LogP contribution in [0.2, 0.25) is 10.0 Å². The molecule has 2 heterocycles. The minimum absolute atomic E-state index is 0.137. The largest absolute Gasteiger partial charge is 0.490 e. The Morgan fingerprint density at radius 3 is 2.53 bits per heavy atom. The summed E-state index contributed by atoms with van der Waals surface area (Å²) in [4.78, 5) is 18.6. The summed E-state index contributed by atoms with van der Waals surface area (Å²) >= 11 is 18.0. The Morgan fingerprint density at radius 1 is 1.09 bits per heavy atom. The maximum absolute atomic E-state index is 13.9. The third-order valence-corrected chi connectivity index (χ3v) is 8.71. The molecule has 1 aromatic heterocycles. The molecular formula is C31H30BrCl2N5O3S. The molecule has 43 heavy (non-hydrogen) atoms. The van der Waals surface area contributed by atoms with Crippen molar-refractivity contribution >= 4 is 68.4 Å². The lowest BCUT2D eigenvalue weighted by atomic mass is 9.94. The predicted octanol–water partition coefficient (Wildman–Crippen LogP) is 8.67. The zero-order valence-electron chi connectivity index (χ0n) is 24.0. The number of hydrogen-bond donors (Lipinski definition) is 2. The van der Waals surface area contributed by atoms with E-state index in [1.165, 1.54) is 11.8 Å². The van der Waals surface area contributed by atoms with Crippen molar-refractivity contribution in [1.29, 1.82) is 0 Å². The van der Waals surface area contributed by atoms with Crippen molar-refractivity contribution in [1.82, 2.24) is 14.8 Å². The number of amides is 1. The van der Waals surface area contributed by atoms with Crippen LogP contribution < -0.4 is 20.1 Å². The number of thioether (sulfide) groups is 1. The van der Waals surface area contributed by atoms with E-state index in [0.717, 1.165) is 16.9 Å². The molecule has 12 heteroatoms. The maximum Gasteiger partial charge on any atom is 0.255 e. The number of aromatic nitrogens is 3. The summed E-state index contributed by atoms with van der Waals surface area (Å²) in [5.41, 5.74) is 4.34. The minimum Gasteiger partial charge on any atom is -0.490 e. The number of rotatable bonds is 10. The van der Waals surface area contributed by atoms with Crippen LogP contribution in [0, 0.1) is 6.92 Å². The second-order valence-corrected chi connectivity index (χ2v) is 12.6. The van der Waals surface area contributed by atoms with Gasteiger partial charge in [-0.25, -0.2) is 4.68 Å². The second kappa shape index (κ2) is 13.6. The Bertz CT molecular complexity index is 1690. The number of ether oxygens (including phenoxy) is 2. The lowest BCUT2D eigenvalue weighted by Gasteiger charge is -2.29. The van der Waals surface area contributed by atoms with E-state index >= 15 is 0 Å². The third kappa shape index (κ3) is 6.82. The van der Waals surface area contributed by atoms with Crippen LogP contribution in [0.4, 0.5) is 11.6 Å². The third-order valence-electron chi connectivity index (χ3n) is 6.70. The van der Waals surface area contributed by atoms with Gasteiger partial charge in [0.25, 0.3) is 5.91 Å². The molecule has 0 saturated carbocycles. The van der Waals surface area contributed by atoms with Gasteiger partial charge in [0.15, 0.2) is 11.5 Å². The molecule has 8 nitrogen and oxygen atoms in total. The van der Waals surface area contributed by atoms with Crippen LogP contribution in [0.3, 0.4) is 0 Å². The van der Waals surface area contributed by atoms with Gasteiger partial charge in [-0.3, -0.25) is 4.79 Å². The average Bonchev–Trinajstić information content (AvgIpc) is 3.35. The summed E-state index contributed by atoms with van der Waals surface area (Å²) in [5, 5.41) is 12.8. The van der Waals surface area contributed by atoms with Gasteiger partial charge in [-0.1, -0.05) is 60.1 Å². The van der Waals surface area contributed by atoms with E-state index in [0.29, 0.717) is 66.2 Å². The van der Waals surface area contributed by atoms with Crippen molar-refractivity contribution in [3.05, 3.63) is 97.1 Å². The first-order valence-corrected chi connectivity index (χ1v) is 16.2. The quantitative estimate of drug-likeness (QED) is 0.160. The molecule has 1 unspecified atom stereocenters. The predicted molar refractivity (Wildman–Crippen MR) is 177 cm³/mol.